The summed E-state index contributed by atoms with van der Waals surface area (Å²) in [6.45, 7) is 1.94. The van der Waals surface area contributed by atoms with E-state index >= 15 is 0 Å². The summed E-state index contributed by atoms with van der Waals surface area (Å²) < 4.78 is 5.85. The molecule has 1 unspecified atom stereocenters. The molecule has 0 saturated heterocycles. The van der Waals surface area contributed by atoms with Crippen LogP contribution >= 0.6 is 22.9 Å². The Bertz CT molecular complexity index is 492. The van der Waals surface area contributed by atoms with Gasteiger partial charge in [0.05, 0.1) is 15.5 Å². The predicted molar refractivity (Wildman–Crippen MR) is 68.7 cm³/mol. The first-order valence-electron chi connectivity index (χ1n) is 5.24. The van der Waals surface area contributed by atoms with Crippen LogP contribution in [0.25, 0.3) is 0 Å². The number of hydrogen-bond acceptors (Lipinski definition) is 3. The molecule has 0 fully saturated rings. The lowest BCUT2D eigenvalue weighted by atomic mass is 10.2. The first kappa shape index (κ1) is 12.2. The van der Waals surface area contributed by atoms with E-state index in [0.29, 0.717) is 15.6 Å². The van der Waals surface area contributed by atoms with Crippen molar-refractivity contribution in [2.75, 3.05) is 0 Å². The maximum atomic E-state index is 11.8. The molecule has 2 rings (SSSR count). The van der Waals surface area contributed by atoms with Crippen molar-refractivity contribution in [2.24, 2.45) is 0 Å². The molecule has 0 aliphatic carbocycles. The van der Waals surface area contributed by atoms with E-state index in [9.17, 15) is 4.79 Å². The van der Waals surface area contributed by atoms with E-state index in [-0.39, 0.29) is 11.9 Å². The SMILES string of the molecule is CC(Cc1ccco1)NC(=O)c1ccc(Cl)s1. The zero-order valence-electron chi connectivity index (χ0n) is 9.27. The molecule has 3 nitrogen and oxygen atoms in total. The van der Waals surface area contributed by atoms with Crippen molar-refractivity contribution in [2.45, 2.75) is 19.4 Å². The van der Waals surface area contributed by atoms with E-state index in [4.69, 9.17) is 16.0 Å². The fourth-order valence-corrected chi connectivity index (χ4v) is 2.46. The molecule has 1 N–H and O–H groups in total. The largest absolute Gasteiger partial charge is 0.469 e. The second-order valence-electron chi connectivity index (χ2n) is 3.76. The van der Waals surface area contributed by atoms with E-state index in [0.717, 1.165) is 5.76 Å². The molecule has 0 aliphatic heterocycles. The number of rotatable bonds is 4. The van der Waals surface area contributed by atoms with Gasteiger partial charge in [-0.2, -0.15) is 0 Å². The summed E-state index contributed by atoms with van der Waals surface area (Å²) in [5.74, 6) is 0.767. The van der Waals surface area contributed by atoms with E-state index < -0.39 is 0 Å². The lowest BCUT2D eigenvalue weighted by Crippen LogP contribution is -2.33. The fraction of sp³-hybridized carbons (Fsp3) is 0.250. The Balaban J connectivity index is 1.90. The van der Waals surface area contributed by atoms with Gasteiger partial charge in [-0.25, -0.2) is 0 Å². The number of hydrogen-bond donors (Lipinski definition) is 1. The molecule has 5 heteroatoms. The highest BCUT2D eigenvalue weighted by molar-refractivity contribution is 7.17. The van der Waals surface area contributed by atoms with Gasteiger partial charge in [-0.15, -0.1) is 11.3 Å². The first-order valence-corrected chi connectivity index (χ1v) is 6.43. The molecule has 1 atom stereocenters. The Labute approximate surface area is 108 Å². The molecule has 17 heavy (non-hydrogen) atoms. The van der Waals surface area contributed by atoms with Crippen LogP contribution in [0.1, 0.15) is 22.4 Å². The minimum absolute atomic E-state index is 0.0227. The Morgan fingerprint density at radius 1 is 1.53 bits per heavy atom. The van der Waals surface area contributed by atoms with Gasteiger partial charge < -0.3 is 9.73 Å². The highest BCUT2D eigenvalue weighted by Gasteiger charge is 2.13. The molecule has 0 aromatic carbocycles. The van der Waals surface area contributed by atoms with E-state index in [2.05, 4.69) is 5.32 Å². The standard InChI is InChI=1S/C12H12ClNO2S/c1-8(7-9-3-2-6-16-9)14-12(15)10-4-5-11(13)17-10/h2-6,8H,7H2,1H3,(H,14,15). The Morgan fingerprint density at radius 3 is 2.94 bits per heavy atom. The van der Waals surface area contributed by atoms with Gasteiger partial charge in [-0.1, -0.05) is 11.6 Å². The van der Waals surface area contributed by atoms with Crippen molar-refractivity contribution in [1.29, 1.82) is 0 Å². The van der Waals surface area contributed by atoms with Gasteiger partial charge >= 0.3 is 0 Å². The highest BCUT2D eigenvalue weighted by Crippen LogP contribution is 2.21. The lowest BCUT2D eigenvalue weighted by molar-refractivity contribution is 0.0943. The zero-order valence-corrected chi connectivity index (χ0v) is 10.8. The Kier molecular flexibility index (Phi) is 3.86. The molecule has 2 aromatic heterocycles. The van der Waals surface area contributed by atoms with Crippen LogP contribution in [0.15, 0.2) is 34.9 Å². The summed E-state index contributed by atoms with van der Waals surface area (Å²) in [4.78, 5) is 12.4. The summed E-state index contributed by atoms with van der Waals surface area (Å²) >= 11 is 7.06. The fourth-order valence-electron chi connectivity index (χ4n) is 1.51. The molecule has 0 spiro atoms. The van der Waals surface area contributed by atoms with E-state index in [1.54, 1.807) is 18.4 Å². The summed E-state index contributed by atoms with van der Waals surface area (Å²) in [6.07, 6.45) is 2.31. The van der Waals surface area contributed by atoms with Crippen LogP contribution in [0.4, 0.5) is 0 Å². The summed E-state index contributed by atoms with van der Waals surface area (Å²) in [7, 11) is 0. The molecule has 0 bridgehead atoms. The molecule has 90 valence electrons. The molecular weight excluding hydrogens is 258 g/mol. The van der Waals surface area contributed by atoms with Gasteiger partial charge in [-0.3, -0.25) is 4.79 Å². The second-order valence-corrected chi connectivity index (χ2v) is 5.48. The van der Waals surface area contributed by atoms with Crippen molar-refractivity contribution in [3.63, 3.8) is 0 Å². The van der Waals surface area contributed by atoms with Gasteiger partial charge in [0.1, 0.15) is 5.76 Å². The lowest BCUT2D eigenvalue weighted by Gasteiger charge is -2.11. The number of carbonyl (C=O) groups is 1. The van der Waals surface area contributed by atoms with Crippen LogP contribution in [0.5, 0.6) is 0 Å². The maximum Gasteiger partial charge on any atom is 0.261 e. The van der Waals surface area contributed by atoms with Crippen molar-refractivity contribution in [1.82, 2.24) is 5.32 Å². The summed E-state index contributed by atoms with van der Waals surface area (Å²) in [5, 5.41) is 2.90. The Hall–Kier alpha value is -1.26. The Morgan fingerprint density at radius 2 is 2.35 bits per heavy atom. The molecule has 0 aliphatic rings. The predicted octanol–water partition coefficient (Wildman–Crippen LogP) is 3.36. The number of amides is 1. The van der Waals surface area contributed by atoms with Gasteiger partial charge in [0.2, 0.25) is 0 Å². The molecule has 0 saturated carbocycles. The third-order valence-electron chi connectivity index (χ3n) is 2.26. The molecule has 0 radical (unpaired) electrons. The van der Waals surface area contributed by atoms with Crippen LogP contribution in [-0.4, -0.2) is 11.9 Å². The third-order valence-corrected chi connectivity index (χ3v) is 3.49. The number of furan rings is 1. The van der Waals surface area contributed by atoms with Crippen LogP contribution in [0.3, 0.4) is 0 Å². The van der Waals surface area contributed by atoms with E-state index in [1.165, 1.54) is 11.3 Å². The van der Waals surface area contributed by atoms with Gasteiger partial charge in [0.15, 0.2) is 0 Å². The van der Waals surface area contributed by atoms with Crippen LogP contribution in [0.2, 0.25) is 4.34 Å². The summed E-state index contributed by atoms with van der Waals surface area (Å²) in [5.41, 5.74) is 0. The van der Waals surface area contributed by atoms with Crippen LogP contribution in [-0.2, 0) is 6.42 Å². The number of nitrogens with one attached hydrogen (secondary N) is 1. The van der Waals surface area contributed by atoms with E-state index in [1.807, 2.05) is 19.1 Å². The number of carbonyl (C=O) groups excluding carboxylic acids is 1. The maximum absolute atomic E-state index is 11.8. The van der Waals surface area contributed by atoms with Crippen LogP contribution < -0.4 is 5.32 Å². The average Bonchev–Trinajstić information content (AvgIpc) is 2.89. The molecular formula is C12H12ClNO2S. The molecule has 1 amide bonds. The van der Waals surface area contributed by atoms with Crippen molar-refractivity contribution in [3.8, 4) is 0 Å². The minimum atomic E-state index is -0.0963. The monoisotopic (exact) mass is 269 g/mol. The normalized spacial score (nSPS) is 12.4. The minimum Gasteiger partial charge on any atom is -0.469 e. The zero-order chi connectivity index (χ0) is 12.3. The first-order chi connectivity index (χ1) is 8.15. The van der Waals surface area contributed by atoms with Gasteiger partial charge in [-0.05, 0) is 31.2 Å². The number of halogens is 1. The third kappa shape index (κ3) is 3.35. The van der Waals surface area contributed by atoms with Gasteiger partial charge in [0, 0.05) is 12.5 Å². The highest BCUT2D eigenvalue weighted by atomic mass is 35.5. The topological polar surface area (TPSA) is 42.2 Å². The molecule has 2 aromatic rings. The quantitative estimate of drug-likeness (QED) is 0.925. The van der Waals surface area contributed by atoms with Crippen LogP contribution in [0, 0.1) is 0 Å². The summed E-state index contributed by atoms with van der Waals surface area (Å²) in [6, 6.07) is 7.20. The van der Waals surface area contributed by atoms with Gasteiger partial charge in [0.25, 0.3) is 5.91 Å². The van der Waals surface area contributed by atoms with Crippen molar-refractivity contribution >= 4 is 28.8 Å². The number of thiophene rings is 1. The molecule has 2 heterocycles. The average molecular weight is 270 g/mol. The smallest absolute Gasteiger partial charge is 0.261 e. The van der Waals surface area contributed by atoms with Crippen molar-refractivity contribution < 1.29 is 9.21 Å². The van der Waals surface area contributed by atoms with Crippen molar-refractivity contribution in [3.05, 3.63) is 45.5 Å². The second kappa shape index (κ2) is 5.38.